The molecule has 0 N–H and O–H groups in total. The van der Waals surface area contributed by atoms with Crippen LogP contribution in [-0.2, 0) is 0 Å². The largest absolute Gasteiger partial charge is 0.496 e. The molecular weight excluding hydrogens is 384 g/mol. The zero-order chi connectivity index (χ0) is 14.9. The van der Waals surface area contributed by atoms with Crippen LogP contribution in [0.2, 0.25) is 0 Å². The molecule has 0 saturated carbocycles. The Morgan fingerprint density at radius 3 is 2.40 bits per heavy atom. The van der Waals surface area contributed by atoms with Gasteiger partial charge in [0.05, 0.1) is 12.7 Å². The summed E-state index contributed by atoms with van der Waals surface area (Å²) in [6, 6.07) is 9.30. The zero-order valence-corrected chi connectivity index (χ0v) is 14.6. The van der Waals surface area contributed by atoms with Crippen molar-refractivity contribution < 1.29 is 9.53 Å². The Morgan fingerprint density at radius 1 is 1.05 bits per heavy atom. The first kappa shape index (κ1) is 15.3. The van der Waals surface area contributed by atoms with Gasteiger partial charge in [-0.1, -0.05) is 37.9 Å². The van der Waals surface area contributed by atoms with Crippen LogP contribution in [0.15, 0.2) is 39.3 Å². The van der Waals surface area contributed by atoms with E-state index in [1.807, 2.05) is 38.1 Å². The Balaban J connectivity index is 2.59. The molecule has 0 spiro atoms. The van der Waals surface area contributed by atoms with Crippen LogP contribution in [0, 0.1) is 13.8 Å². The van der Waals surface area contributed by atoms with Gasteiger partial charge in [0.2, 0.25) is 0 Å². The predicted octanol–water partition coefficient (Wildman–Crippen LogP) is 5.07. The molecule has 0 bridgehead atoms. The first-order valence-corrected chi connectivity index (χ1v) is 7.68. The van der Waals surface area contributed by atoms with E-state index in [2.05, 4.69) is 31.9 Å². The highest BCUT2D eigenvalue weighted by Gasteiger charge is 2.19. The van der Waals surface area contributed by atoms with E-state index in [0.717, 1.165) is 20.1 Å². The fraction of sp³-hybridized carbons (Fsp3) is 0.188. The maximum absolute atomic E-state index is 12.7. The maximum Gasteiger partial charge on any atom is 0.197 e. The molecule has 2 aromatic rings. The number of carbonyl (C=O) groups excluding carboxylic acids is 1. The highest BCUT2D eigenvalue weighted by atomic mass is 79.9. The van der Waals surface area contributed by atoms with Crippen LogP contribution in [0.3, 0.4) is 0 Å². The van der Waals surface area contributed by atoms with Gasteiger partial charge in [0, 0.05) is 14.5 Å². The van der Waals surface area contributed by atoms with Gasteiger partial charge >= 0.3 is 0 Å². The third-order valence-corrected chi connectivity index (χ3v) is 4.48. The summed E-state index contributed by atoms with van der Waals surface area (Å²) in [6.45, 7) is 3.96. The first-order valence-electron chi connectivity index (χ1n) is 6.09. The molecule has 0 saturated heterocycles. The van der Waals surface area contributed by atoms with Gasteiger partial charge < -0.3 is 4.74 Å². The molecule has 0 unspecified atom stereocenters. The number of hydrogen-bond acceptors (Lipinski definition) is 2. The average Bonchev–Trinajstić information content (AvgIpc) is 2.43. The van der Waals surface area contributed by atoms with E-state index in [4.69, 9.17) is 4.74 Å². The van der Waals surface area contributed by atoms with Crippen molar-refractivity contribution in [2.45, 2.75) is 13.8 Å². The van der Waals surface area contributed by atoms with Crippen LogP contribution in [0.1, 0.15) is 27.0 Å². The van der Waals surface area contributed by atoms with Crippen LogP contribution in [0.4, 0.5) is 0 Å². The highest BCUT2D eigenvalue weighted by molar-refractivity contribution is 9.11. The molecule has 0 aliphatic heterocycles. The smallest absolute Gasteiger partial charge is 0.197 e. The molecule has 4 heteroatoms. The monoisotopic (exact) mass is 396 g/mol. The van der Waals surface area contributed by atoms with Gasteiger partial charge in [-0.3, -0.25) is 4.79 Å². The summed E-state index contributed by atoms with van der Waals surface area (Å²) >= 11 is 6.82. The summed E-state index contributed by atoms with van der Waals surface area (Å²) in [6.07, 6.45) is 0. The minimum atomic E-state index is -0.0573. The van der Waals surface area contributed by atoms with E-state index >= 15 is 0 Å². The maximum atomic E-state index is 12.7. The highest BCUT2D eigenvalue weighted by Crippen LogP contribution is 2.31. The second-order valence-electron chi connectivity index (χ2n) is 4.54. The quantitative estimate of drug-likeness (QED) is 0.676. The lowest BCUT2D eigenvalue weighted by Gasteiger charge is -2.13. The SMILES string of the molecule is COc1c(C(=O)c2cc(Br)ccc2Br)ccc(C)c1C. The predicted molar refractivity (Wildman–Crippen MR) is 87.7 cm³/mol. The third-order valence-electron chi connectivity index (χ3n) is 3.30. The topological polar surface area (TPSA) is 26.3 Å². The van der Waals surface area contributed by atoms with Crippen LogP contribution < -0.4 is 4.74 Å². The number of methoxy groups -OCH3 is 1. The van der Waals surface area contributed by atoms with Gasteiger partial charge in [0.1, 0.15) is 5.75 Å². The summed E-state index contributed by atoms with van der Waals surface area (Å²) in [5.74, 6) is 0.583. The number of benzene rings is 2. The minimum Gasteiger partial charge on any atom is -0.496 e. The van der Waals surface area contributed by atoms with Crippen LogP contribution in [-0.4, -0.2) is 12.9 Å². The summed E-state index contributed by atoms with van der Waals surface area (Å²) in [4.78, 5) is 12.7. The molecule has 0 aliphatic rings. The molecule has 20 heavy (non-hydrogen) atoms. The van der Waals surface area contributed by atoms with Crippen molar-refractivity contribution in [2.75, 3.05) is 7.11 Å². The molecule has 0 heterocycles. The van der Waals surface area contributed by atoms with Gasteiger partial charge in [-0.05, 0) is 49.2 Å². The standard InChI is InChI=1S/C16H14Br2O2/c1-9-4-6-12(16(20-3)10(9)2)15(19)13-8-11(17)5-7-14(13)18/h4-8H,1-3H3. The Hall–Kier alpha value is -1.13. The Bertz CT molecular complexity index is 678. The van der Waals surface area contributed by atoms with Gasteiger partial charge in [0.25, 0.3) is 0 Å². The normalized spacial score (nSPS) is 10.4. The molecule has 2 aromatic carbocycles. The minimum absolute atomic E-state index is 0.0573. The van der Waals surface area contributed by atoms with Crippen molar-refractivity contribution in [3.8, 4) is 5.75 Å². The third kappa shape index (κ3) is 2.81. The summed E-state index contributed by atoms with van der Waals surface area (Å²) < 4.78 is 7.06. The molecule has 0 fully saturated rings. The van der Waals surface area contributed by atoms with Crippen molar-refractivity contribution >= 4 is 37.6 Å². The van der Waals surface area contributed by atoms with Crippen molar-refractivity contribution in [1.29, 1.82) is 0 Å². The van der Waals surface area contributed by atoms with E-state index in [9.17, 15) is 4.79 Å². The van der Waals surface area contributed by atoms with Crippen molar-refractivity contribution in [1.82, 2.24) is 0 Å². The van der Waals surface area contributed by atoms with E-state index in [-0.39, 0.29) is 5.78 Å². The molecular formula is C16H14Br2O2. The van der Waals surface area contributed by atoms with E-state index < -0.39 is 0 Å². The summed E-state index contributed by atoms with van der Waals surface area (Å²) in [5, 5.41) is 0. The molecule has 2 nitrogen and oxygen atoms in total. The van der Waals surface area contributed by atoms with Crippen LogP contribution in [0.25, 0.3) is 0 Å². The van der Waals surface area contributed by atoms with E-state index in [1.165, 1.54) is 0 Å². The van der Waals surface area contributed by atoms with Crippen molar-refractivity contribution in [3.05, 3.63) is 61.5 Å². The summed E-state index contributed by atoms with van der Waals surface area (Å²) in [5.41, 5.74) is 3.28. The van der Waals surface area contributed by atoms with Gasteiger partial charge in [-0.2, -0.15) is 0 Å². The van der Waals surface area contributed by atoms with Gasteiger partial charge in [-0.25, -0.2) is 0 Å². The van der Waals surface area contributed by atoms with Crippen molar-refractivity contribution in [3.63, 3.8) is 0 Å². The van der Waals surface area contributed by atoms with Gasteiger partial charge in [-0.15, -0.1) is 0 Å². The fourth-order valence-electron chi connectivity index (χ4n) is 2.05. The average molecular weight is 398 g/mol. The number of ketones is 1. The Labute approximate surface area is 135 Å². The second-order valence-corrected chi connectivity index (χ2v) is 6.31. The lowest BCUT2D eigenvalue weighted by molar-refractivity contribution is 0.103. The number of rotatable bonds is 3. The fourth-order valence-corrected chi connectivity index (χ4v) is 2.84. The number of ether oxygens (including phenoxy) is 1. The van der Waals surface area contributed by atoms with Gasteiger partial charge in [0.15, 0.2) is 5.78 Å². The second kappa shape index (κ2) is 6.10. The van der Waals surface area contributed by atoms with E-state index in [0.29, 0.717) is 16.9 Å². The molecule has 0 aliphatic carbocycles. The lowest BCUT2D eigenvalue weighted by atomic mass is 9.98. The molecule has 0 radical (unpaired) electrons. The Kier molecular flexibility index (Phi) is 4.66. The van der Waals surface area contributed by atoms with Crippen molar-refractivity contribution in [2.24, 2.45) is 0 Å². The van der Waals surface area contributed by atoms with E-state index in [1.54, 1.807) is 13.2 Å². The number of hydrogen-bond donors (Lipinski definition) is 0. The zero-order valence-electron chi connectivity index (χ0n) is 11.5. The first-order chi connectivity index (χ1) is 9.45. The molecule has 0 amide bonds. The molecule has 0 aromatic heterocycles. The number of carbonyl (C=O) groups is 1. The summed E-state index contributed by atoms with van der Waals surface area (Å²) in [7, 11) is 1.59. The molecule has 0 atom stereocenters. The van der Waals surface area contributed by atoms with Crippen LogP contribution >= 0.6 is 31.9 Å². The molecule has 2 rings (SSSR count). The number of halogens is 2. The number of aryl methyl sites for hydroxylation is 1. The molecule has 104 valence electrons. The Morgan fingerprint density at radius 2 is 1.75 bits per heavy atom. The van der Waals surface area contributed by atoms with Crippen LogP contribution in [0.5, 0.6) is 5.75 Å². The lowest BCUT2D eigenvalue weighted by Crippen LogP contribution is -2.06.